The van der Waals surface area contributed by atoms with Crippen LogP contribution in [-0.2, 0) is 9.53 Å². The van der Waals surface area contributed by atoms with Crippen molar-refractivity contribution in [2.24, 2.45) is 0 Å². The molecule has 0 unspecified atom stereocenters. The Morgan fingerprint density at radius 2 is 1.89 bits per heavy atom. The molecule has 6 heterocycles. The van der Waals surface area contributed by atoms with Crippen molar-refractivity contribution in [1.29, 1.82) is 0 Å². The van der Waals surface area contributed by atoms with E-state index in [9.17, 15) is 14.0 Å². The molecule has 0 spiro atoms. The average Bonchev–Trinajstić information content (AvgIpc) is 3.91. The predicted molar refractivity (Wildman–Crippen MR) is 174 cm³/mol. The van der Waals surface area contributed by atoms with Crippen molar-refractivity contribution in [3.8, 4) is 5.75 Å². The van der Waals surface area contributed by atoms with E-state index in [0.717, 1.165) is 22.9 Å². The van der Waals surface area contributed by atoms with E-state index >= 15 is 4.39 Å². The van der Waals surface area contributed by atoms with Crippen LogP contribution in [0.1, 0.15) is 35.9 Å². The van der Waals surface area contributed by atoms with Crippen molar-refractivity contribution >= 4 is 39.7 Å². The zero-order valence-corrected chi connectivity index (χ0v) is 26.0. The first-order chi connectivity index (χ1) is 22.9. The highest BCUT2D eigenvalue weighted by Gasteiger charge is 2.29. The highest BCUT2D eigenvalue weighted by Crippen LogP contribution is 2.36. The highest BCUT2D eigenvalue weighted by molar-refractivity contribution is 6.03. The molecule has 0 atom stereocenters. The van der Waals surface area contributed by atoms with Gasteiger partial charge in [-0.15, -0.1) is 5.53 Å². The van der Waals surface area contributed by atoms with E-state index in [0.29, 0.717) is 94.4 Å². The highest BCUT2D eigenvalue weighted by atomic mass is 19.1. The lowest BCUT2D eigenvalue weighted by molar-refractivity contribution is -0.131. The van der Waals surface area contributed by atoms with Crippen LogP contribution in [0.25, 0.3) is 22.0 Å². The molecular formula is C33H38F2N8O4. The van der Waals surface area contributed by atoms with Crippen LogP contribution in [0.3, 0.4) is 0 Å². The molecule has 12 nitrogen and oxygen atoms in total. The molecule has 2 aromatic heterocycles. The lowest BCUT2D eigenvalue weighted by atomic mass is 9.93. The molecule has 0 bridgehead atoms. The Hall–Kier alpha value is -4.95. The number of fused-ring (bicyclic) bond motifs is 1. The lowest BCUT2D eigenvalue weighted by Gasteiger charge is -2.35. The van der Waals surface area contributed by atoms with Gasteiger partial charge in [0, 0.05) is 83.1 Å². The number of rotatable bonds is 8. The molecule has 3 N–H and O–H groups in total. The van der Waals surface area contributed by atoms with Crippen molar-refractivity contribution in [3.05, 3.63) is 77.4 Å². The van der Waals surface area contributed by atoms with Gasteiger partial charge in [0.25, 0.3) is 5.91 Å². The van der Waals surface area contributed by atoms with Gasteiger partial charge in [-0.05, 0) is 35.3 Å². The second kappa shape index (κ2) is 13.0. The molecule has 14 heteroatoms. The zero-order valence-electron chi connectivity index (χ0n) is 26.0. The molecule has 4 aliphatic heterocycles. The van der Waals surface area contributed by atoms with E-state index in [1.807, 2.05) is 29.3 Å². The first kappa shape index (κ1) is 30.7. The third kappa shape index (κ3) is 6.13. The minimum absolute atomic E-state index is 0. The summed E-state index contributed by atoms with van der Waals surface area (Å²) in [5.41, 5.74) is 9.17. The monoisotopic (exact) mass is 648 g/mol. The summed E-state index contributed by atoms with van der Waals surface area (Å²) in [6, 6.07) is 4.83. The van der Waals surface area contributed by atoms with Crippen LogP contribution in [0.2, 0.25) is 0 Å². The number of H-pyrrole nitrogens is 1. The van der Waals surface area contributed by atoms with E-state index in [1.165, 1.54) is 13.2 Å². The summed E-state index contributed by atoms with van der Waals surface area (Å²) in [7, 11) is 1.47. The number of aromatic amines is 1. The molecule has 1 aromatic carbocycles. The van der Waals surface area contributed by atoms with Crippen molar-refractivity contribution in [3.63, 3.8) is 0 Å². The minimum atomic E-state index is -0.486. The molecule has 4 aliphatic rings. The summed E-state index contributed by atoms with van der Waals surface area (Å²) in [6.45, 7) is 3.94. The fourth-order valence-corrected chi connectivity index (χ4v) is 6.48. The smallest absolute Gasteiger partial charge is 0.270 e. The number of nitrogens with one attached hydrogen (secondary N) is 3. The van der Waals surface area contributed by atoms with Crippen LogP contribution in [0.5, 0.6) is 5.75 Å². The number of carbonyl (C=O) groups is 2. The summed E-state index contributed by atoms with van der Waals surface area (Å²) in [5.74, 6) is -0.338. The third-order valence-corrected chi connectivity index (χ3v) is 8.98. The molecule has 47 heavy (non-hydrogen) atoms. The number of carbonyl (C=O) groups excluding carboxylic acids is 2. The molecule has 248 valence electrons. The summed E-state index contributed by atoms with van der Waals surface area (Å²) in [4.78, 5) is 39.6. The minimum Gasteiger partial charge on any atom is -0.493 e. The molecule has 2 amide bonds. The van der Waals surface area contributed by atoms with Gasteiger partial charge < -0.3 is 34.6 Å². The number of halogens is 2. The number of benzene rings is 1. The van der Waals surface area contributed by atoms with Crippen molar-refractivity contribution in [1.82, 2.24) is 35.7 Å². The number of pyridine rings is 1. The van der Waals surface area contributed by atoms with E-state index in [1.54, 1.807) is 27.1 Å². The van der Waals surface area contributed by atoms with E-state index in [4.69, 9.17) is 9.47 Å². The number of hydrazine groups is 2. The second-order valence-electron chi connectivity index (χ2n) is 11.8. The van der Waals surface area contributed by atoms with E-state index in [2.05, 4.69) is 20.9 Å². The predicted octanol–water partition coefficient (Wildman–Crippen LogP) is 3.27. The van der Waals surface area contributed by atoms with Crippen LogP contribution >= 0.6 is 0 Å². The standard InChI is InChI=1S/C33H36F2N8O4.H2/c1-46-28-15-23(34)18-36-32(28)40-10-12-41(13-11-40)33(45)27-17-26-24(22-5-14-47-20-22)16-25(30(35)31(26)38-27)21-3-2-7-42(19-21)29(44)4-8-43-9-6-37-39-43;/h3,5-6,9,15-18,37-39H,2,4,7-8,10-14,19-20H2,1H3;1H. The van der Waals surface area contributed by atoms with Crippen molar-refractivity contribution in [2.45, 2.75) is 12.8 Å². The molecule has 0 saturated carbocycles. The zero-order chi connectivity index (χ0) is 32.5. The van der Waals surface area contributed by atoms with Crippen LogP contribution in [0.4, 0.5) is 14.6 Å². The number of amides is 2. The first-order valence-corrected chi connectivity index (χ1v) is 15.7. The Balaban J connectivity index is 0.00000401. The summed E-state index contributed by atoms with van der Waals surface area (Å²) >= 11 is 0. The van der Waals surface area contributed by atoms with Gasteiger partial charge in [0.2, 0.25) is 5.91 Å². The van der Waals surface area contributed by atoms with Crippen molar-refractivity contribution in [2.75, 3.05) is 71.0 Å². The van der Waals surface area contributed by atoms with Crippen LogP contribution < -0.4 is 20.6 Å². The average molecular weight is 649 g/mol. The molecular weight excluding hydrogens is 610 g/mol. The topological polar surface area (TPSA) is 118 Å². The molecule has 0 radical (unpaired) electrons. The van der Waals surface area contributed by atoms with E-state index in [-0.39, 0.29) is 24.5 Å². The van der Waals surface area contributed by atoms with Crippen LogP contribution in [0.15, 0.2) is 48.9 Å². The SMILES string of the molecule is COc1cc(F)cnc1N1CCN(C(=O)c2cc3c(C4=CCOC4)cc(C4=CCCN(C(=O)CCN5C=CNN5)C4)c(F)c3[nH]2)CC1.[HH]. The van der Waals surface area contributed by atoms with Gasteiger partial charge >= 0.3 is 0 Å². The van der Waals surface area contributed by atoms with Gasteiger partial charge in [-0.2, -0.15) is 0 Å². The number of ether oxygens (including phenoxy) is 2. The van der Waals surface area contributed by atoms with Gasteiger partial charge in [0.15, 0.2) is 17.4 Å². The number of methoxy groups -OCH3 is 1. The lowest BCUT2D eigenvalue weighted by Crippen LogP contribution is -2.49. The van der Waals surface area contributed by atoms with Crippen LogP contribution in [0, 0.1) is 11.6 Å². The van der Waals surface area contributed by atoms with Gasteiger partial charge in [-0.3, -0.25) is 14.6 Å². The quantitative estimate of drug-likeness (QED) is 0.338. The Kier molecular flexibility index (Phi) is 8.52. The molecule has 1 fully saturated rings. The third-order valence-electron chi connectivity index (χ3n) is 8.98. The normalized spacial score (nSPS) is 18.1. The maximum absolute atomic E-state index is 16.4. The Bertz CT molecular complexity index is 1800. The Morgan fingerprint density at radius 3 is 2.64 bits per heavy atom. The first-order valence-electron chi connectivity index (χ1n) is 15.7. The van der Waals surface area contributed by atoms with Gasteiger partial charge in [0.1, 0.15) is 11.5 Å². The Morgan fingerprint density at radius 1 is 1.04 bits per heavy atom. The van der Waals surface area contributed by atoms with Gasteiger partial charge in [-0.25, -0.2) is 13.8 Å². The summed E-state index contributed by atoms with van der Waals surface area (Å²) < 4.78 is 41.0. The van der Waals surface area contributed by atoms with Gasteiger partial charge in [0.05, 0.1) is 32.0 Å². The fraction of sp³-hybridized carbons (Fsp3) is 0.364. The number of nitrogens with zero attached hydrogens (tertiary/aromatic N) is 5. The second-order valence-corrected chi connectivity index (χ2v) is 11.8. The van der Waals surface area contributed by atoms with Crippen molar-refractivity contribution < 1.29 is 29.3 Å². The van der Waals surface area contributed by atoms with Crippen LogP contribution in [-0.4, -0.2) is 103 Å². The maximum Gasteiger partial charge on any atom is 0.270 e. The molecule has 0 aliphatic carbocycles. The van der Waals surface area contributed by atoms with E-state index < -0.39 is 11.6 Å². The summed E-state index contributed by atoms with van der Waals surface area (Å²) in [6.07, 6.45) is 9.61. The molecule has 3 aromatic rings. The van der Waals surface area contributed by atoms with Gasteiger partial charge in [-0.1, -0.05) is 12.2 Å². The number of hydrogen-bond acceptors (Lipinski definition) is 9. The number of aromatic nitrogens is 2. The fourth-order valence-electron chi connectivity index (χ4n) is 6.48. The maximum atomic E-state index is 16.4. The molecule has 1 saturated heterocycles. The number of hydrogen-bond donors (Lipinski definition) is 3. The largest absolute Gasteiger partial charge is 0.493 e. The Labute approximate surface area is 271 Å². The number of piperazine rings is 1. The number of anilines is 1. The summed E-state index contributed by atoms with van der Waals surface area (Å²) in [5, 5.41) is 2.40. The molecule has 7 rings (SSSR count).